The van der Waals surface area contributed by atoms with E-state index in [1.54, 1.807) is 4.90 Å². The first-order valence-electron chi connectivity index (χ1n) is 6.94. The minimum atomic E-state index is -0.900. The maximum atomic E-state index is 12.1. The fourth-order valence-electron chi connectivity index (χ4n) is 2.20. The Morgan fingerprint density at radius 2 is 2.10 bits per heavy atom. The molecule has 1 aromatic carbocycles. The van der Waals surface area contributed by atoms with Gasteiger partial charge < -0.3 is 10.4 Å². The molecular weight excluding hydrogens is 336 g/mol. The smallest absolute Gasteiger partial charge is 0.317 e. The Kier molecular flexibility index (Phi) is 5.36. The number of amides is 1. The predicted octanol–water partition coefficient (Wildman–Crippen LogP) is 2.49. The van der Waals surface area contributed by atoms with Gasteiger partial charge in [0.05, 0.1) is 13.1 Å². The Balaban J connectivity index is 1.92. The Hall–Kier alpha value is -1.40. The van der Waals surface area contributed by atoms with Crippen molar-refractivity contribution in [2.75, 3.05) is 25.0 Å². The van der Waals surface area contributed by atoms with E-state index in [9.17, 15) is 9.59 Å². The quantitative estimate of drug-likeness (QED) is 0.789. The lowest BCUT2D eigenvalue weighted by Crippen LogP contribution is -2.38. The van der Waals surface area contributed by atoms with Gasteiger partial charge in [0.25, 0.3) is 0 Å². The molecule has 6 heteroatoms. The lowest BCUT2D eigenvalue weighted by Gasteiger charge is -2.19. The van der Waals surface area contributed by atoms with Crippen LogP contribution >= 0.6 is 15.9 Å². The maximum absolute atomic E-state index is 12.1. The summed E-state index contributed by atoms with van der Waals surface area (Å²) in [6, 6.07) is 5.62. The van der Waals surface area contributed by atoms with Crippen molar-refractivity contribution in [2.24, 2.45) is 5.92 Å². The number of benzene rings is 1. The van der Waals surface area contributed by atoms with Gasteiger partial charge in [0.15, 0.2) is 0 Å². The molecule has 1 saturated carbocycles. The molecule has 5 nitrogen and oxygen atoms in total. The van der Waals surface area contributed by atoms with E-state index < -0.39 is 5.97 Å². The average Bonchev–Trinajstić information content (AvgIpc) is 3.15. The molecule has 1 amide bonds. The van der Waals surface area contributed by atoms with E-state index in [0.717, 1.165) is 28.6 Å². The van der Waals surface area contributed by atoms with Gasteiger partial charge >= 0.3 is 5.97 Å². The number of anilines is 1. The normalized spacial score (nSPS) is 14.2. The van der Waals surface area contributed by atoms with Crippen LogP contribution in [0.3, 0.4) is 0 Å². The molecule has 114 valence electrons. The molecule has 0 saturated heterocycles. The number of rotatable bonds is 7. The van der Waals surface area contributed by atoms with Crippen molar-refractivity contribution in [3.05, 3.63) is 28.2 Å². The van der Waals surface area contributed by atoms with Crippen LogP contribution in [0.2, 0.25) is 0 Å². The van der Waals surface area contributed by atoms with Gasteiger partial charge in [0.1, 0.15) is 0 Å². The van der Waals surface area contributed by atoms with Crippen LogP contribution in [0, 0.1) is 12.8 Å². The van der Waals surface area contributed by atoms with Gasteiger partial charge in [-0.3, -0.25) is 14.5 Å². The second-order valence-corrected chi connectivity index (χ2v) is 6.43. The van der Waals surface area contributed by atoms with Gasteiger partial charge in [-0.2, -0.15) is 0 Å². The van der Waals surface area contributed by atoms with Crippen molar-refractivity contribution in [3.8, 4) is 0 Å². The zero-order chi connectivity index (χ0) is 15.4. The summed E-state index contributed by atoms with van der Waals surface area (Å²) in [5.41, 5.74) is 1.72. The van der Waals surface area contributed by atoms with Crippen molar-refractivity contribution in [3.63, 3.8) is 0 Å². The number of aryl methyl sites for hydroxylation is 1. The number of carbonyl (C=O) groups is 2. The minimum absolute atomic E-state index is 0.0940. The maximum Gasteiger partial charge on any atom is 0.317 e. The highest BCUT2D eigenvalue weighted by molar-refractivity contribution is 9.10. The van der Waals surface area contributed by atoms with Gasteiger partial charge in [-0.15, -0.1) is 0 Å². The Labute approximate surface area is 132 Å². The van der Waals surface area contributed by atoms with Crippen LogP contribution in [0.15, 0.2) is 22.7 Å². The van der Waals surface area contributed by atoms with Crippen molar-refractivity contribution in [2.45, 2.75) is 19.8 Å². The molecule has 0 aliphatic heterocycles. The third-order valence-electron chi connectivity index (χ3n) is 3.40. The molecular formula is C15H19BrN2O3. The third kappa shape index (κ3) is 5.47. The molecule has 0 unspecified atom stereocenters. The van der Waals surface area contributed by atoms with Crippen molar-refractivity contribution >= 4 is 33.5 Å². The summed E-state index contributed by atoms with van der Waals surface area (Å²) >= 11 is 3.38. The number of nitrogens with zero attached hydrogens (tertiary/aromatic N) is 1. The van der Waals surface area contributed by atoms with E-state index in [1.807, 2.05) is 25.1 Å². The van der Waals surface area contributed by atoms with Crippen molar-refractivity contribution in [1.82, 2.24) is 4.90 Å². The number of carboxylic acid groups (broad SMARTS) is 1. The fourth-order valence-corrected chi connectivity index (χ4v) is 2.68. The molecule has 0 spiro atoms. The largest absolute Gasteiger partial charge is 0.480 e. The molecule has 0 aromatic heterocycles. The monoisotopic (exact) mass is 354 g/mol. The van der Waals surface area contributed by atoms with Crippen LogP contribution in [-0.2, 0) is 9.59 Å². The molecule has 0 atom stereocenters. The number of aliphatic carboxylic acids is 1. The fraction of sp³-hybridized carbons (Fsp3) is 0.467. The predicted molar refractivity (Wildman–Crippen MR) is 84.3 cm³/mol. The summed E-state index contributed by atoms with van der Waals surface area (Å²) in [5.74, 6) is -0.530. The molecule has 1 aliphatic carbocycles. The molecule has 1 aliphatic rings. The van der Waals surface area contributed by atoms with E-state index in [0.29, 0.717) is 12.5 Å². The average molecular weight is 355 g/mol. The van der Waals surface area contributed by atoms with Crippen molar-refractivity contribution in [1.29, 1.82) is 0 Å². The van der Waals surface area contributed by atoms with Gasteiger partial charge in [-0.1, -0.05) is 15.9 Å². The van der Waals surface area contributed by atoms with Crippen LogP contribution in [0.25, 0.3) is 0 Å². The molecule has 0 radical (unpaired) electrons. The first-order valence-corrected chi connectivity index (χ1v) is 7.73. The van der Waals surface area contributed by atoms with Crippen LogP contribution in [0.5, 0.6) is 0 Å². The summed E-state index contributed by atoms with van der Waals surface area (Å²) in [6.07, 6.45) is 2.26. The summed E-state index contributed by atoms with van der Waals surface area (Å²) in [5, 5.41) is 11.8. The van der Waals surface area contributed by atoms with Crippen molar-refractivity contribution < 1.29 is 14.7 Å². The number of carbonyl (C=O) groups excluding carboxylic acids is 1. The minimum Gasteiger partial charge on any atom is -0.480 e. The van der Waals surface area contributed by atoms with E-state index >= 15 is 0 Å². The van der Waals surface area contributed by atoms with Gasteiger partial charge in [-0.25, -0.2) is 0 Å². The number of hydrogen-bond donors (Lipinski definition) is 2. The standard InChI is InChI=1S/C15H19BrN2O3/c1-10-6-12(16)4-5-13(10)17-14(19)8-18(9-15(20)21)7-11-2-3-11/h4-6,11H,2-3,7-9H2,1H3,(H,17,19)(H,20,21). The van der Waals surface area contributed by atoms with E-state index in [2.05, 4.69) is 21.2 Å². The molecule has 2 N–H and O–H groups in total. The SMILES string of the molecule is Cc1cc(Br)ccc1NC(=O)CN(CC(=O)O)CC1CC1. The second kappa shape index (κ2) is 7.04. The highest BCUT2D eigenvalue weighted by atomic mass is 79.9. The number of nitrogens with one attached hydrogen (secondary N) is 1. The summed E-state index contributed by atoms with van der Waals surface area (Å²) in [7, 11) is 0. The Morgan fingerprint density at radius 1 is 1.38 bits per heavy atom. The first kappa shape index (κ1) is 16.0. The number of halogens is 1. The number of carboxylic acids is 1. The van der Waals surface area contributed by atoms with Crippen LogP contribution in [0.4, 0.5) is 5.69 Å². The van der Waals surface area contributed by atoms with Gasteiger partial charge in [-0.05, 0) is 49.4 Å². The molecule has 2 rings (SSSR count). The molecule has 1 fully saturated rings. The Morgan fingerprint density at radius 3 is 2.67 bits per heavy atom. The van der Waals surface area contributed by atoms with E-state index in [1.165, 1.54) is 0 Å². The molecule has 0 bridgehead atoms. The summed E-state index contributed by atoms with van der Waals surface area (Å²) in [4.78, 5) is 24.6. The lowest BCUT2D eigenvalue weighted by molar-refractivity contribution is -0.138. The molecule has 1 aromatic rings. The summed E-state index contributed by atoms with van der Waals surface area (Å²) in [6.45, 7) is 2.61. The highest BCUT2D eigenvalue weighted by Gasteiger charge is 2.26. The van der Waals surface area contributed by atoms with Gasteiger partial charge in [0.2, 0.25) is 5.91 Å². The van der Waals surface area contributed by atoms with E-state index in [4.69, 9.17) is 5.11 Å². The first-order chi connectivity index (χ1) is 9.94. The van der Waals surface area contributed by atoms with E-state index in [-0.39, 0.29) is 19.0 Å². The van der Waals surface area contributed by atoms with Crippen LogP contribution in [0.1, 0.15) is 18.4 Å². The zero-order valence-electron chi connectivity index (χ0n) is 11.9. The lowest BCUT2D eigenvalue weighted by atomic mass is 10.2. The van der Waals surface area contributed by atoms with Crippen LogP contribution in [-0.4, -0.2) is 41.5 Å². The second-order valence-electron chi connectivity index (χ2n) is 5.51. The number of hydrogen-bond acceptors (Lipinski definition) is 3. The van der Waals surface area contributed by atoms with Crippen LogP contribution < -0.4 is 5.32 Å². The third-order valence-corrected chi connectivity index (χ3v) is 3.90. The topological polar surface area (TPSA) is 69.6 Å². The van der Waals surface area contributed by atoms with Gasteiger partial charge in [0, 0.05) is 16.7 Å². The zero-order valence-corrected chi connectivity index (χ0v) is 13.5. The molecule has 21 heavy (non-hydrogen) atoms. The summed E-state index contributed by atoms with van der Waals surface area (Å²) < 4.78 is 0.958. The Bertz CT molecular complexity index is 544. The molecule has 0 heterocycles. The highest BCUT2D eigenvalue weighted by Crippen LogP contribution is 2.29.